The van der Waals surface area contributed by atoms with Gasteiger partial charge in [-0.25, -0.2) is 9.97 Å². The molecule has 2 heterocycles. The number of fused-ring (bicyclic) bond motifs is 1. The first-order valence-corrected chi connectivity index (χ1v) is 6.04. The standard InChI is InChI=1S/C12H9ClN6O/c13-9-4-10(16-5-15-9)17-12(20)11-7-3-6(14)1-2-8(7)18-19-11/h1-5H,14H2,(H,18,19)(H,15,16,17,20). The Balaban J connectivity index is 1.94. The number of H-pyrrole nitrogens is 1. The van der Waals surface area contributed by atoms with Crippen LogP contribution in [0.15, 0.2) is 30.6 Å². The van der Waals surface area contributed by atoms with Crippen LogP contribution in [0.5, 0.6) is 0 Å². The Bertz CT molecular complexity index is 799. The maximum Gasteiger partial charge on any atom is 0.277 e. The van der Waals surface area contributed by atoms with Gasteiger partial charge in [0.1, 0.15) is 17.3 Å². The molecule has 4 N–H and O–H groups in total. The fraction of sp³-hybridized carbons (Fsp3) is 0. The number of nitrogens with two attached hydrogens (primary N) is 1. The van der Waals surface area contributed by atoms with Crippen LogP contribution in [0.1, 0.15) is 10.5 Å². The van der Waals surface area contributed by atoms with Crippen LogP contribution in [0.4, 0.5) is 11.5 Å². The van der Waals surface area contributed by atoms with E-state index >= 15 is 0 Å². The van der Waals surface area contributed by atoms with E-state index in [1.165, 1.54) is 12.4 Å². The molecule has 0 bridgehead atoms. The molecular weight excluding hydrogens is 280 g/mol. The topological polar surface area (TPSA) is 110 Å². The van der Waals surface area contributed by atoms with E-state index in [9.17, 15) is 4.79 Å². The maximum absolute atomic E-state index is 12.2. The quantitative estimate of drug-likeness (QED) is 0.492. The van der Waals surface area contributed by atoms with Crippen LogP contribution >= 0.6 is 11.6 Å². The van der Waals surface area contributed by atoms with Gasteiger partial charge in [0.15, 0.2) is 5.69 Å². The summed E-state index contributed by atoms with van der Waals surface area (Å²) in [6, 6.07) is 6.62. The van der Waals surface area contributed by atoms with E-state index in [1.54, 1.807) is 18.2 Å². The molecule has 3 rings (SSSR count). The number of aromatic nitrogens is 4. The number of benzene rings is 1. The van der Waals surface area contributed by atoms with Crippen LogP contribution in [0.2, 0.25) is 5.15 Å². The van der Waals surface area contributed by atoms with Crippen LogP contribution in [0, 0.1) is 0 Å². The van der Waals surface area contributed by atoms with Crippen molar-refractivity contribution in [2.75, 3.05) is 11.1 Å². The fourth-order valence-electron chi connectivity index (χ4n) is 1.78. The van der Waals surface area contributed by atoms with Gasteiger partial charge in [-0.3, -0.25) is 9.89 Å². The number of nitrogens with zero attached hydrogens (tertiary/aromatic N) is 3. The van der Waals surface area contributed by atoms with Gasteiger partial charge in [0, 0.05) is 17.1 Å². The van der Waals surface area contributed by atoms with Gasteiger partial charge in [-0.1, -0.05) is 11.6 Å². The molecule has 0 fully saturated rings. The van der Waals surface area contributed by atoms with E-state index in [2.05, 4.69) is 25.5 Å². The third-order valence-electron chi connectivity index (χ3n) is 2.68. The van der Waals surface area contributed by atoms with Crippen molar-refractivity contribution in [2.45, 2.75) is 0 Å². The van der Waals surface area contributed by atoms with Crippen LogP contribution in [0.3, 0.4) is 0 Å². The third-order valence-corrected chi connectivity index (χ3v) is 2.88. The van der Waals surface area contributed by atoms with Crippen molar-refractivity contribution >= 4 is 39.9 Å². The molecular formula is C12H9ClN6O. The lowest BCUT2D eigenvalue weighted by atomic mass is 10.2. The molecule has 0 aliphatic heterocycles. The molecule has 3 aromatic rings. The highest BCUT2D eigenvalue weighted by Gasteiger charge is 2.15. The second-order valence-corrected chi connectivity index (χ2v) is 4.44. The zero-order chi connectivity index (χ0) is 14.1. The summed E-state index contributed by atoms with van der Waals surface area (Å²) in [7, 11) is 0. The lowest BCUT2D eigenvalue weighted by molar-refractivity contribution is 0.102. The number of rotatable bonds is 2. The van der Waals surface area contributed by atoms with Crippen LogP contribution in [0.25, 0.3) is 10.9 Å². The van der Waals surface area contributed by atoms with E-state index in [0.717, 1.165) is 5.52 Å². The summed E-state index contributed by atoms with van der Waals surface area (Å²) < 4.78 is 0. The van der Waals surface area contributed by atoms with Crippen molar-refractivity contribution < 1.29 is 4.79 Å². The first-order chi connectivity index (χ1) is 9.63. The highest BCUT2D eigenvalue weighted by molar-refractivity contribution is 6.29. The van der Waals surface area contributed by atoms with Gasteiger partial charge in [-0.05, 0) is 18.2 Å². The van der Waals surface area contributed by atoms with Crippen molar-refractivity contribution in [1.29, 1.82) is 0 Å². The third kappa shape index (κ3) is 2.26. The summed E-state index contributed by atoms with van der Waals surface area (Å²) in [5, 5.41) is 10.2. The molecule has 100 valence electrons. The smallest absolute Gasteiger partial charge is 0.277 e. The van der Waals surface area contributed by atoms with Crippen LogP contribution in [-0.4, -0.2) is 26.1 Å². The van der Waals surface area contributed by atoms with Crippen molar-refractivity contribution in [2.24, 2.45) is 0 Å². The summed E-state index contributed by atoms with van der Waals surface area (Å²) in [6.45, 7) is 0. The first kappa shape index (κ1) is 12.4. The lowest BCUT2D eigenvalue weighted by Crippen LogP contribution is -2.14. The minimum absolute atomic E-state index is 0.238. The first-order valence-electron chi connectivity index (χ1n) is 5.66. The number of halogens is 1. The van der Waals surface area contributed by atoms with Crippen LogP contribution < -0.4 is 11.1 Å². The minimum Gasteiger partial charge on any atom is -0.399 e. The molecule has 0 aliphatic carbocycles. The fourth-order valence-corrected chi connectivity index (χ4v) is 1.93. The van der Waals surface area contributed by atoms with Gasteiger partial charge in [0.05, 0.1) is 5.52 Å². The zero-order valence-electron chi connectivity index (χ0n) is 10.1. The molecule has 1 amide bonds. The van der Waals surface area contributed by atoms with Gasteiger partial charge in [-0.2, -0.15) is 5.10 Å². The second kappa shape index (κ2) is 4.78. The molecule has 0 saturated carbocycles. The van der Waals surface area contributed by atoms with Gasteiger partial charge in [0.2, 0.25) is 0 Å². The Hall–Kier alpha value is -2.67. The molecule has 0 aliphatic rings. The van der Waals surface area contributed by atoms with Crippen molar-refractivity contribution in [3.05, 3.63) is 41.4 Å². The number of carbonyl (C=O) groups is 1. The van der Waals surface area contributed by atoms with Crippen molar-refractivity contribution in [1.82, 2.24) is 20.2 Å². The number of amides is 1. The Labute approximate surface area is 118 Å². The minimum atomic E-state index is -0.406. The summed E-state index contributed by atoms with van der Waals surface area (Å²) in [6.07, 6.45) is 1.26. The van der Waals surface area contributed by atoms with Gasteiger partial charge >= 0.3 is 0 Å². The molecule has 1 aromatic carbocycles. The Kier molecular flexibility index (Phi) is 2.96. The van der Waals surface area contributed by atoms with Crippen molar-refractivity contribution in [3.63, 3.8) is 0 Å². The highest BCUT2D eigenvalue weighted by atomic mass is 35.5. The SMILES string of the molecule is Nc1ccc2[nH]nc(C(=O)Nc3cc(Cl)ncn3)c2c1. The number of carbonyl (C=O) groups excluding carboxylic acids is 1. The highest BCUT2D eigenvalue weighted by Crippen LogP contribution is 2.20. The molecule has 8 heteroatoms. The van der Waals surface area contributed by atoms with Gasteiger partial charge in [0.25, 0.3) is 5.91 Å². The second-order valence-electron chi connectivity index (χ2n) is 4.06. The normalized spacial score (nSPS) is 10.7. The molecule has 2 aromatic heterocycles. The van der Waals surface area contributed by atoms with E-state index in [4.69, 9.17) is 17.3 Å². The van der Waals surface area contributed by atoms with Crippen molar-refractivity contribution in [3.8, 4) is 0 Å². The van der Waals surface area contributed by atoms with E-state index < -0.39 is 5.91 Å². The Morgan fingerprint density at radius 2 is 2.15 bits per heavy atom. The summed E-state index contributed by atoms with van der Waals surface area (Å²) >= 11 is 5.73. The number of aromatic amines is 1. The monoisotopic (exact) mass is 288 g/mol. The molecule has 0 atom stereocenters. The predicted molar refractivity (Wildman–Crippen MR) is 75.5 cm³/mol. The molecule has 0 radical (unpaired) electrons. The number of nitrogen functional groups attached to an aromatic ring is 1. The van der Waals surface area contributed by atoms with Crippen LogP contribution in [-0.2, 0) is 0 Å². The Morgan fingerprint density at radius 3 is 2.95 bits per heavy atom. The number of nitrogens with one attached hydrogen (secondary N) is 2. The average Bonchev–Trinajstić information content (AvgIpc) is 2.81. The summed E-state index contributed by atoms with van der Waals surface area (Å²) in [5.74, 6) is -0.105. The Morgan fingerprint density at radius 1 is 1.30 bits per heavy atom. The van der Waals surface area contributed by atoms with Gasteiger partial charge in [-0.15, -0.1) is 0 Å². The van der Waals surface area contributed by atoms with E-state index in [0.29, 0.717) is 16.9 Å². The number of hydrogen-bond acceptors (Lipinski definition) is 5. The predicted octanol–water partition coefficient (Wildman–Crippen LogP) is 1.84. The number of anilines is 2. The van der Waals surface area contributed by atoms with E-state index in [-0.39, 0.29) is 10.8 Å². The summed E-state index contributed by atoms with van der Waals surface area (Å²) in [5.41, 5.74) is 7.23. The molecule has 20 heavy (non-hydrogen) atoms. The average molecular weight is 289 g/mol. The lowest BCUT2D eigenvalue weighted by Gasteiger charge is -2.02. The molecule has 0 spiro atoms. The molecule has 7 nitrogen and oxygen atoms in total. The molecule has 0 unspecified atom stereocenters. The molecule has 0 saturated heterocycles. The maximum atomic E-state index is 12.2. The zero-order valence-corrected chi connectivity index (χ0v) is 10.8. The van der Waals surface area contributed by atoms with E-state index in [1.807, 2.05) is 0 Å². The number of hydrogen-bond donors (Lipinski definition) is 3. The summed E-state index contributed by atoms with van der Waals surface area (Å²) in [4.78, 5) is 19.8. The van der Waals surface area contributed by atoms with Gasteiger partial charge < -0.3 is 11.1 Å². The largest absolute Gasteiger partial charge is 0.399 e.